The standard InChI is InChI=1S/C28H25Cl3N4O4S/c1-18-13-20(19(2)35(18)27-15-22(30)7-12-26(27)31)16-32-33-28(36)17-34(23-6-4-5-21(29)14-23)40(37,38)25-10-8-24(39-3)9-11-25/h4-16H,17H2,1-3H3,(H,33,36)/b32-16-. The van der Waals surface area contributed by atoms with E-state index in [9.17, 15) is 13.2 Å². The molecule has 0 saturated carbocycles. The van der Waals surface area contributed by atoms with Crippen molar-refractivity contribution < 1.29 is 17.9 Å². The molecule has 0 radical (unpaired) electrons. The number of nitrogens with zero attached hydrogens (tertiary/aromatic N) is 3. The molecule has 0 aliphatic heterocycles. The molecule has 40 heavy (non-hydrogen) atoms. The second-order valence-electron chi connectivity index (χ2n) is 8.72. The number of anilines is 1. The van der Waals surface area contributed by atoms with Gasteiger partial charge < -0.3 is 9.30 Å². The Hall–Kier alpha value is -3.50. The Morgan fingerprint density at radius 1 is 1.00 bits per heavy atom. The fraction of sp³-hybridized carbons (Fsp3) is 0.143. The van der Waals surface area contributed by atoms with Gasteiger partial charge in [0.05, 0.1) is 34.6 Å². The molecule has 3 aromatic carbocycles. The maximum atomic E-state index is 13.5. The van der Waals surface area contributed by atoms with E-state index in [1.54, 1.807) is 36.4 Å². The van der Waals surface area contributed by atoms with Gasteiger partial charge in [-0.2, -0.15) is 5.10 Å². The van der Waals surface area contributed by atoms with Gasteiger partial charge in [0.25, 0.3) is 15.9 Å². The number of nitrogens with one attached hydrogen (secondary N) is 1. The van der Waals surface area contributed by atoms with Gasteiger partial charge in [-0.25, -0.2) is 13.8 Å². The van der Waals surface area contributed by atoms with Gasteiger partial charge in [-0.3, -0.25) is 9.10 Å². The van der Waals surface area contributed by atoms with E-state index in [1.165, 1.54) is 43.7 Å². The number of hydrogen-bond donors (Lipinski definition) is 1. The molecule has 0 atom stereocenters. The Bertz CT molecular complexity index is 1690. The minimum absolute atomic E-state index is 0.0170. The molecule has 0 aliphatic rings. The lowest BCUT2D eigenvalue weighted by atomic mass is 10.2. The molecule has 1 aromatic heterocycles. The highest BCUT2D eigenvalue weighted by Crippen LogP contribution is 2.29. The molecule has 0 aliphatic carbocycles. The number of aromatic nitrogens is 1. The third kappa shape index (κ3) is 6.45. The summed E-state index contributed by atoms with van der Waals surface area (Å²) >= 11 is 18.7. The predicted octanol–water partition coefficient (Wildman–Crippen LogP) is 6.41. The summed E-state index contributed by atoms with van der Waals surface area (Å²) in [4.78, 5) is 12.9. The van der Waals surface area contributed by atoms with Crippen molar-refractivity contribution in [1.82, 2.24) is 9.99 Å². The summed E-state index contributed by atoms with van der Waals surface area (Å²) in [5.74, 6) is -0.155. The first kappa shape index (κ1) is 29.5. The van der Waals surface area contributed by atoms with Crippen LogP contribution in [0.25, 0.3) is 5.69 Å². The summed E-state index contributed by atoms with van der Waals surface area (Å²) in [6.45, 7) is 3.26. The van der Waals surface area contributed by atoms with E-state index in [1.807, 2.05) is 24.5 Å². The number of benzene rings is 3. The van der Waals surface area contributed by atoms with Crippen molar-refractivity contribution in [2.75, 3.05) is 18.0 Å². The highest BCUT2D eigenvalue weighted by molar-refractivity contribution is 7.92. The van der Waals surface area contributed by atoms with E-state index < -0.39 is 22.5 Å². The highest BCUT2D eigenvalue weighted by atomic mass is 35.5. The Morgan fingerprint density at radius 3 is 2.38 bits per heavy atom. The van der Waals surface area contributed by atoms with Crippen LogP contribution < -0.4 is 14.5 Å². The van der Waals surface area contributed by atoms with Gasteiger partial charge in [0, 0.05) is 27.0 Å². The fourth-order valence-corrected chi connectivity index (χ4v) is 6.07. The molecule has 4 rings (SSSR count). The number of ether oxygens (including phenoxy) is 1. The number of hydrazone groups is 1. The van der Waals surface area contributed by atoms with Gasteiger partial charge in [0.1, 0.15) is 12.3 Å². The summed E-state index contributed by atoms with van der Waals surface area (Å²) in [6.07, 6.45) is 1.48. The molecule has 0 fully saturated rings. The Balaban J connectivity index is 1.57. The monoisotopic (exact) mass is 618 g/mol. The van der Waals surface area contributed by atoms with Crippen molar-refractivity contribution >= 4 is 62.6 Å². The van der Waals surface area contributed by atoms with Crippen LogP contribution in [0.15, 0.2) is 82.8 Å². The van der Waals surface area contributed by atoms with Crippen LogP contribution in [0.2, 0.25) is 15.1 Å². The molecule has 0 unspecified atom stereocenters. The molecule has 0 saturated heterocycles. The zero-order chi connectivity index (χ0) is 29.0. The maximum absolute atomic E-state index is 13.5. The molecule has 208 valence electrons. The first-order chi connectivity index (χ1) is 19.0. The van der Waals surface area contributed by atoms with E-state index in [0.29, 0.717) is 26.5 Å². The topological polar surface area (TPSA) is 93.0 Å². The van der Waals surface area contributed by atoms with Crippen LogP contribution in [0, 0.1) is 13.8 Å². The highest BCUT2D eigenvalue weighted by Gasteiger charge is 2.27. The average molecular weight is 620 g/mol. The summed E-state index contributed by atoms with van der Waals surface area (Å²) < 4.78 is 35.1. The Kier molecular flexibility index (Phi) is 9.10. The molecule has 4 aromatic rings. The Morgan fingerprint density at radius 2 is 1.70 bits per heavy atom. The second kappa shape index (κ2) is 12.3. The molecule has 0 bridgehead atoms. The minimum Gasteiger partial charge on any atom is -0.497 e. The zero-order valence-corrected chi connectivity index (χ0v) is 24.8. The van der Waals surface area contributed by atoms with E-state index in [4.69, 9.17) is 39.5 Å². The third-order valence-electron chi connectivity index (χ3n) is 6.04. The number of hydrogen-bond acceptors (Lipinski definition) is 5. The number of methoxy groups -OCH3 is 1. The van der Waals surface area contributed by atoms with Crippen molar-refractivity contribution in [1.29, 1.82) is 0 Å². The largest absolute Gasteiger partial charge is 0.497 e. The molecule has 0 spiro atoms. The third-order valence-corrected chi connectivity index (χ3v) is 8.62. The fourth-order valence-electron chi connectivity index (χ4n) is 4.11. The molecule has 12 heteroatoms. The predicted molar refractivity (Wildman–Crippen MR) is 160 cm³/mol. The number of carbonyl (C=O) groups is 1. The van der Waals surface area contributed by atoms with Gasteiger partial charge in [0.2, 0.25) is 0 Å². The number of carbonyl (C=O) groups excluding carboxylic acids is 1. The van der Waals surface area contributed by atoms with Crippen LogP contribution in [0.1, 0.15) is 17.0 Å². The lowest BCUT2D eigenvalue weighted by Crippen LogP contribution is -2.39. The quantitative estimate of drug-likeness (QED) is 0.173. The normalized spacial score (nSPS) is 11.6. The zero-order valence-electron chi connectivity index (χ0n) is 21.7. The van der Waals surface area contributed by atoms with Crippen LogP contribution in [0.5, 0.6) is 5.75 Å². The van der Waals surface area contributed by atoms with Crippen molar-refractivity contribution in [3.05, 3.63) is 105 Å². The first-order valence-electron chi connectivity index (χ1n) is 11.9. The molecule has 1 N–H and O–H groups in total. The minimum atomic E-state index is -4.14. The maximum Gasteiger partial charge on any atom is 0.264 e. The summed E-state index contributed by atoms with van der Waals surface area (Å²) in [6, 6.07) is 19.2. The number of amides is 1. The smallest absolute Gasteiger partial charge is 0.264 e. The molecule has 8 nitrogen and oxygen atoms in total. The van der Waals surface area contributed by atoms with Gasteiger partial charge in [-0.1, -0.05) is 40.9 Å². The van der Waals surface area contributed by atoms with Crippen LogP contribution in [-0.4, -0.2) is 38.8 Å². The summed E-state index contributed by atoms with van der Waals surface area (Å²) in [7, 11) is -2.65. The SMILES string of the molecule is COc1ccc(S(=O)(=O)N(CC(=O)N/N=C\c2cc(C)n(-c3cc(Cl)ccc3Cl)c2C)c2cccc(Cl)c2)cc1. The number of rotatable bonds is 9. The van der Waals surface area contributed by atoms with E-state index in [2.05, 4.69) is 10.5 Å². The first-order valence-corrected chi connectivity index (χ1v) is 14.5. The van der Waals surface area contributed by atoms with Gasteiger partial charge in [-0.15, -0.1) is 0 Å². The van der Waals surface area contributed by atoms with Crippen LogP contribution in [-0.2, 0) is 14.8 Å². The van der Waals surface area contributed by atoms with E-state index in [0.717, 1.165) is 21.3 Å². The summed E-state index contributed by atoms with van der Waals surface area (Å²) in [5, 5.41) is 5.47. The van der Waals surface area contributed by atoms with Crippen LogP contribution >= 0.6 is 34.8 Å². The molecule has 1 heterocycles. The molecular formula is C28H25Cl3N4O4S. The van der Waals surface area contributed by atoms with E-state index in [-0.39, 0.29) is 10.6 Å². The van der Waals surface area contributed by atoms with Crippen molar-refractivity contribution in [2.45, 2.75) is 18.7 Å². The van der Waals surface area contributed by atoms with Gasteiger partial charge >= 0.3 is 0 Å². The molecular weight excluding hydrogens is 595 g/mol. The van der Waals surface area contributed by atoms with Crippen molar-refractivity contribution in [2.24, 2.45) is 5.10 Å². The number of halogens is 3. The Labute approximate surface area is 247 Å². The van der Waals surface area contributed by atoms with Gasteiger partial charge in [-0.05, 0) is 80.6 Å². The van der Waals surface area contributed by atoms with Gasteiger partial charge in [0.15, 0.2) is 0 Å². The number of aryl methyl sites for hydroxylation is 1. The second-order valence-corrected chi connectivity index (χ2v) is 11.9. The van der Waals surface area contributed by atoms with Crippen LogP contribution in [0.3, 0.4) is 0 Å². The van der Waals surface area contributed by atoms with Crippen LogP contribution in [0.4, 0.5) is 5.69 Å². The lowest BCUT2D eigenvalue weighted by molar-refractivity contribution is -0.119. The number of sulfonamides is 1. The van der Waals surface area contributed by atoms with Crippen molar-refractivity contribution in [3.63, 3.8) is 0 Å². The summed E-state index contributed by atoms with van der Waals surface area (Å²) in [5.41, 5.74) is 5.79. The van der Waals surface area contributed by atoms with E-state index >= 15 is 0 Å². The molecule has 1 amide bonds. The lowest BCUT2D eigenvalue weighted by Gasteiger charge is -2.24. The van der Waals surface area contributed by atoms with Crippen molar-refractivity contribution in [3.8, 4) is 11.4 Å². The average Bonchev–Trinajstić information content (AvgIpc) is 3.20.